The maximum Gasteiger partial charge on any atom is 0.246 e. The van der Waals surface area contributed by atoms with Crippen molar-refractivity contribution in [2.45, 2.75) is 13.8 Å². The van der Waals surface area contributed by atoms with Crippen LogP contribution in [-0.4, -0.2) is 50.5 Å². The van der Waals surface area contributed by atoms with Gasteiger partial charge in [-0.2, -0.15) is 0 Å². The quantitative estimate of drug-likeness (QED) is 0.659. The zero-order valence-electron chi connectivity index (χ0n) is 17.5. The van der Waals surface area contributed by atoms with Gasteiger partial charge in [-0.05, 0) is 61.9 Å². The molecule has 0 spiro atoms. The summed E-state index contributed by atoms with van der Waals surface area (Å²) in [5.74, 6) is 0.227. The first-order valence-corrected chi connectivity index (χ1v) is 9.68. The van der Waals surface area contributed by atoms with Gasteiger partial charge in [-0.3, -0.25) is 9.59 Å². The molecule has 0 aliphatic rings. The maximum absolute atomic E-state index is 12.3. The fourth-order valence-electron chi connectivity index (χ4n) is 2.88. The van der Waals surface area contributed by atoms with Gasteiger partial charge in [-0.15, -0.1) is 0 Å². The van der Waals surface area contributed by atoms with Crippen molar-refractivity contribution < 1.29 is 14.3 Å². The SMILES string of the molecule is CCN(CC)c1ccc(NC(=O)CN(C)C(=O)/C=C/c2cccc(OC)c2)cc1. The average molecular weight is 396 g/mol. The van der Waals surface area contributed by atoms with Crippen LogP contribution >= 0.6 is 0 Å². The van der Waals surface area contributed by atoms with E-state index in [1.807, 2.05) is 48.5 Å². The first kappa shape index (κ1) is 22.0. The number of hydrogen-bond acceptors (Lipinski definition) is 4. The number of likely N-dealkylation sites (N-methyl/N-ethyl adjacent to an activating group) is 1. The zero-order valence-corrected chi connectivity index (χ0v) is 17.5. The van der Waals surface area contributed by atoms with Crippen LogP contribution in [0.1, 0.15) is 19.4 Å². The Bertz CT molecular complexity index is 843. The Balaban J connectivity index is 1.89. The minimum Gasteiger partial charge on any atom is -0.497 e. The van der Waals surface area contributed by atoms with Crippen LogP contribution in [0.25, 0.3) is 6.08 Å². The molecule has 0 fully saturated rings. The number of carbonyl (C=O) groups is 2. The monoisotopic (exact) mass is 395 g/mol. The largest absolute Gasteiger partial charge is 0.497 e. The Morgan fingerprint density at radius 1 is 1.07 bits per heavy atom. The second kappa shape index (κ2) is 10.9. The highest BCUT2D eigenvalue weighted by molar-refractivity contribution is 5.98. The van der Waals surface area contributed by atoms with E-state index in [0.29, 0.717) is 5.69 Å². The summed E-state index contributed by atoms with van der Waals surface area (Å²) in [4.78, 5) is 28.1. The summed E-state index contributed by atoms with van der Waals surface area (Å²) in [6, 6.07) is 15.1. The van der Waals surface area contributed by atoms with Gasteiger partial charge in [0.1, 0.15) is 5.75 Å². The van der Waals surface area contributed by atoms with Crippen molar-refractivity contribution in [3.8, 4) is 5.75 Å². The first-order valence-electron chi connectivity index (χ1n) is 9.68. The normalized spacial score (nSPS) is 10.6. The summed E-state index contributed by atoms with van der Waals surface area (Å²) < 4.78 is 5.17. The molecule has 0 aliphatic heterocycles. The van der Waals surface area contributed by atoms with Crippen LogP contribution < -0.4 is 15.0 Å². The standard InChI is InChI=1S/C23H29N3O3/c1-5-26(6-2)20-13-11-19(12-14-20)24-22(27)17-25(3)23(28)15-10-18-8-7-9-21(16-18)29-4/h7-16H,5-6,17H2,1-4H3,(H,24,27)/b15-10+. The van der Waals surface area contributed by atoms with Crippen molar-refractivity contribution in [1.29, 1.82) is 0 Å². The van der Waals surface area contributed by atoms with Gasteiger partial charge in [0.2, 0.25) is 11.8 Å². The smallest absolute Gasteiger partial charge is 0.246 e. The fraction of sp³-hybridized carbons (Fsp3) is 0.304. The predicted molar refractivity (Wildman–Crippen MR) is 118 cm³/mol. The molecule has 0 aromatic heterocycles. The third-order valence-corrected chi connectivity index (χ3v) is 4.55. The van der Waals surface area contributed by atoms with Gasteiger partial charge in [0.15, 0.2) is 0 Å². The highest BCUT2D eigenvalue weighted by Gasteiger charge is 2.11. The van der Waals surface area contributed by atoms with E-state index in [2.05, 4.69) is 24.1 Å². The fourth-order valence-corrected chi connectivity index (χ4v) is 2.88. The van der Waals surface area contributed by atoms with Crippen LogP contribution in [0.3, 0.4) is 0 Å². The van der Waals surface area contributed by atoms with E-state index in [1.165, 1.54) is 11.0 Å². The summed E-state index contributed by atoms with van der Waals surface area (Å²) in [6.45, 7) is 6.04. The summed E-state index contributed by atoms with van der Waals surface area (Å²) >= 11 is 0. The summed E-state index contributed by atoms with van der Waals surface area (Å²) in [7, 11) is 3.19. The summed E-state index contributed by atoms with van der Waals surface area (Å²) in [6.07, 6.45) is 3.14. The van der Waals surface area contributed by atoms with E-state index < -0.39 is 0 Å². The molecule has 2 amide bonds. The lowest BCUT2D eigenvalue weighted by Gasteiger charge is -2.21. The van der Waals surface area contributed by atoms with Crippen molar-refractivity contribution in [3.05, 3.63) is 60.2 Å². The minimum atomic E-state index is -0.250. The Morgan fingerprint density at radius 3 is 2.38 bits per heavy atom. The number of hydrogen-bond donors (Lipinski definition) is 1. The molecule has 1 N–H and O–H groups in total. The van der Waals surface area contributed by atoms with Gasteiger partial charge < -0.3 is 19.9 Å². The van der Waals surface area contributed by atoms with Crippen LogP contribution in [0.4, 0.5) is 11.4 Å². The molecule has 2 rings (SSSR count). The van der Waals surface area contributed by atoms with Crippen molar-refractivity contribution in [2.75, 3.05) is 44.0 Å². The molecule has 0 heterocycles. The molecule has 154 valence electrons. The topological polar surface area (TPSA) is 61.9 Å². The van der Waals surface area contributed by atoms with Gasteiger partial charge in [-0.25, -0.2) is 0 Å². The number of rotatable bonds is 9. The van der Waals surface area contributed by atoms with Crippen molar-refractivity contribution in [1.82, 2.24) is 4.90 Å². The lowest BCUT2D eigenvalue weighted by Crippen LogP contribution is -2.33. The van der Waals surface area contributed by atoms with Crippen LogP contribution in [-0.2, 0) is 9.59 Å². The highest BCUT2D eigenvalue weighted by atomic mass is 16.5. The van der Waals surface area contributed by atoms with Crippen LogP contribution in [0.2, 0.25) is 0 Å². The van der Waals surface area contributed by atoms with Gasteiger partial charge in [-0.1, -0.05) is 12.1 Å². The molecule has 0 saturated heterocycles. The van der Waals surface area contributed by atoms with E-state index in [4.69, 9.17) is 4.74 Å². The van der Waals surface area contributed by atoms with Gasteiger partial charge in [0, 0.05) is 37.6 Å². The molecular formula is C23H29N3O3. The Hall–Kier alpha value is -3.28. The molecule has 0 aliphatic carbocycles. The number of amides is 2. The summed E-state index contributed by atoms with van der Waals surface area (Å²) in [5, 5.41) is 2.83. The number of carbonyl (C=O) groups excluding carboxylic acids is 2. The van der Waals surface area contributed by atoms with E-state index >= 15 is 0 Å². The molecule has 2 aromatic carbocycles. The molecule has 2 aromatic rings. The third-order valence-electron chi connectivity index (χ3n) is 4.55. The van der Waals surface area contributed by atoms with Crippen molar-refractivity contribution >= 4 is 29.3 Å². The molecule has 29 heavy (non-hydrogen) atoms. The predicted octanol–water partition coefficient (Wildman–Crippen LogP) is 3.65. The second-order valence-corrected chi connectivity index (χ2v) is 6.57. The lowest BCUT2D eigenvalue weighted by atomic mass is 10.2. The van der Waals surface area contributed by atoms with Gasteiger partial charge in [0.05, 0.1) is 13.7 Å². The van der Waals surface area contributed by atoms with E-state index in [1.54, 1.807) is 20.2 Å². The number of ether oxygens (including phenoxy) is 1. The van der Waals surface area contributed by atoms with Gasteiger partial charge >= 0.3 is 0 Å². The average Bonchev–Trinajstić information content (AvgIpc) is 2.74. The highest BCUT2D eigenvalue weighted by Crippen LogP contribution is 2.18. The number of anilines is 2. The van der Waals surface area contributed by atoms with E-state index in [0.717, 1.165) is 30.1 Å². The zero-order chi connectivity index (χ0) is 21.2. The Morgan fingerprint density at radius 2 is 1.76 bits per heavy atom. The van der Waals surface area contributed by atoms with Crippen LogP contribution in [0, 0.1) is 0 Å². The van der Waals surface area contributed by atoms with Crippen molar-refractivity contribution in [2.24, 2.45) is 0 Å². The van der Waals surface area contributed by atoms with Crippen LogP contribution in [0.15, 0.2) is 54.6 Å². The molecule has 0 radical (unpaired) electrons. The molecule has 0 unspecified atom stereocenters. The molecule has 0 atom stereocenters. The van der Waals surface area contributed by atoms with Crippen molar-refractivity contribution in [3.63, 3.8) is 0 Å². The second-order valence-electron chi connectivity index (χ2n) is 6.57. The molecule has 6 heteroatoms. The van der Waals surface area contributed by atoms with E-state index in [-0.39, 0.29) is 18.4 Å². The van der Waals surface area contributed by atoms with E-state index in [9.17, 15) is 9.59 Å². The Labute approximate surface area is 172 Å². The Kier molecular flexibility index (Phi) is 8.27. The third kappa shape index (κ3) is 6.68. The molecule has 0 saturated carbocycles. The summed E-state index contributed by atoms with van der Waals surface area (Å²) in [5.41, 5.74) is 2.67. The first-order chi connectivity index (χ1) is 14.0. The maximum atomic E-state index is 12.3. The molecular weight excluding hydrogens is 366 g/mol. The number of benzene rings is 2. The number of methoxy groups -OCH3 is 1. The van der Waals surface area contributed by atoms with Crippen LogP contribution in [0.5, 0.6) is 5.75 Å². The number of nitrogens with zero attached hydrogens (tertiary/aromatic N) is 2. The molecule has 6 nitrogen and oxygen atoms in total. The minimum absolute atomic E-state index is 0.0287. The molecule has 0 bridgehead atoms. The number of nitrogens with one attached hydrogen (secondary N) is 1. The van der Waals surface area contributed by atoms with Gasteiger partial charge in [0.25, 0.3) is 0 Å². The lowest BCUT2D eigenvalue weighted by molar-refractivity contribution is -0.129.